The van der Waals surface area contributed by atoms with Gasteiger partial charge in [-0.1, -0.05) is 61.2 Å². The number of phenols is 1. The molecule has 1 saturated heterocycles. The van der Waals surface area contributed by atoms with Gasteiger partial charge in [0.15, 0.2) is 17.3 Å². The highest BCUT2D eigenvalue weighted by molar-refractivity contribution is 5.89. The average molecular weight is 854 g/mol. The first-order chi connectivity index (χ1) is 30.5. The first-order valence-corrected chi connectivity index (χ1v) is 24.0. The highest BCUT2D eigenvalue weighted by Crippen LogP contribution is 2.52. The monoisotopic (exact) mass is 854 g/mol. The van der Waals surface area contributed by atoms with Crippen molar-refractivity contribution in [1.82, 2.24) is 10.6 Å². The van der Waals surface area contributed by atoms with E-state index < -0.39 is 17.6 Å². The second-order valence-electron chi connectivity index (χ2n) is 19.9. The molecule has 1 spiro atoms. The van der Waals surface area contributed by atoms with Gasteiger partial charge < -0.3 is 36.4 Å². The summed E-state index contributed by atoms with van der Waals surface area (Å²) in [6.45, 7) is 3.81. The molecule has 0 amide bonds. The van der Waals surface area contributed by atoms with Crippen LogP contribution in [0.2, 0.25) is 0 Å². The van der Waals surface area contributed by atoms with Gasteiger partial charge in [0.1, 0.15) is 11.2 Å². The normalized spacial score (nSPS) is 31.8. The molecule has 4 fully saturated rings. The van der Waals surface area contributed by atoms with Gasteiger partial charge in [0.2, 0.25) is 0 Å². The Morgan fingerprint density at radius 1 is 0.952 bits per heavy atom. The Balaban J connectivity index is 0.953. The summed E-state index contributed by atoms with van der Waals surface area (Å²) in [6, 6.07) is 18.8. The predicted molar refractivity (Wildman–Crippen MR) is 247 cm³/mol. The third-order valence-electron chi connectivity index (χ3n) is 16.6. The number of phenolic OH excluding ortho intramolecular Hbond substituents is 1. The lowest BCUT2D eigenvalue weighted by atomic mass is 9.57. The molecule has 63 heavy (non-hydrogen) atoms. The van der Waals surface area contributed by atoms with Crippen molar-refractivity contribution >= 4 is 22.3 Å². The molecule has 6 aliphatic rings. The number of benzene rings is 3. The van der Waals surface area contributed by atoms with E-state index in [0.29, 0.717) is 104 Å². The Morgan fingerprint density at radius 3 is 2.59 bits per heavy atom. The number of allylic oxidation sites excluding steroid dienone is 2. The molecule has 9 rings (SSSR count). The number of aryl methyl sites for hydroxylation is 1. The van der Waals surface area contributed by atoms with Gasteiger partial charge in [-0.3, -0.25) is 9.59 Å². The Morgan fingerprint density at radius 2 is 1.78 bits per heavy atom. The molecule has 0 unspecified atom stereocenters. The maximum atomic E-state index is 14.5. The number of hydrogen-bond acceptors (Lipinski definition) is 9. The number of ketones is 2. The molecule has 2 aliphatic heterocycles. The van der Waals surface area contributed by atoms with E-state index in [1.165, 1.54) is 24.5 Å². The fourth-order valence-electron chi connectivity index (χ4n) is 13.0. The van der Waals surface area contributed by atoms with Crippen LogP contribution in [-0.2, 0) is 16.0 Å². The number of aromatic hydroxyl groups is 1. The summed E-state index contributed by atoms with van der Waals surface area (Å²) in [7, 11) is 1.53. The van der Waals surface area contributed by atoms with E-state index in [-0.39, 0.29) is 29.8 Å². The van der Waals surface area contributed by atoms with E-state index in [9.17, 15) is 24.9 Å². The smallest absolute Gasteiger partial charge is 0.160 e. The van der Waals surface area contributed by atoms with Crippen LogP contribution in [0.15, 0.2) is 77.6 Å². The summed E-state index contributed by atoms with van der Waals surface area (Å²) in [4.78, 5) is 26.7. The molecule has 0 bridgehead atoms. The number of ether oxygens (including phenoxy) is 1. The van der Waals surface area contributed by atoms with Crippen molar-refractivity contribution in [3.63, 3.8) is 0 Å². The van der Waals surface area contributed by atoms with Crippen molar-refractivity contribution in [3.8, 4) is 23.3 Å². The SMILES string of the molecule is CCC1=C([C@H](C[C@H](O)CC[C@H]2C#C[C@@]3(CC[C@H]([C@H]4CC[C@H]5[C@H](CN[C@@H]6CC(=O)CC[C@H]56)C4)C[C@H]3O)C(=O)CCc3cc(OC)c(O)cc32)c2ccc3ccccc3c2)C=C(N)NC1. The van der Waals surface area contributed by atoms with Crippen LogP contribution >= 0.6 is 0 Å². The number of piperidine rings is 1. The zero-order valence-corrected chi connectivity index (χ0v) is 37.2. The Bertz CT molecular complexity index is 2340. The van der Waals surface area contributed by atoms with Gasteiger partial charge in [-0.25, -0.2) is 0 Å². The molecule has 9 heteroatoms. The number of carbonyl (C=O) groups is 2. The second kappa shape index (κ2) is 18.5. The maximum absolute atomic E-state index is 14.5. The number of aliphatic hydroxyl groups excluding tert-OH is 2. The lowest BCUT2D eigenvalue weighted by Gasteiger charge is -2.51. The van der Waals surface area contributed by atoms with Gasteiger partial charge in [0.25, 0.3) is 0 Å². The highest BCUT2D eigenvalue weighted by atomic mass is 16.5. The van der Waals surface area contributed by atoms with Gasteiger partial charge in [-0.2, -0.15) is 0 Å². The summed E-state index contributed by atoms with van der Waals surface area (Å²) in [5, 5.41) is 44.7. The third kappa shape index (κ3) is 8.80. The minimum absolute atomic E-state index is 0.00904. The Hall–Kier alpha value is -4.62. The lowest BCUT2D eigenvalue weighted by molar-refractivity contribution is -0.135. The third-order valence-corrected chi connectivity index (χ3v) is 16.6. The summed E-state index contributed by atoms with van der Waals surface area (Å²) in [6.07, 6.45) is 11.3. The molecule has 7 N–H and O–H groups in total. The zero-order valence-electron chi connectivity index (χ0n) is 37.2. The number of carbonyl (C=O) groups excluding carboxylic acids is 2. The van der Waals surface area contributed by atoms with Crippen molar-refractivity contribution in [2.75, 3.05) is 20.2 Å². The molecule has 11 atom stereocenters. The first-order valence-electron chi connectivity index (χ1n) is 24.0. The molecular formula is C54H67N3O6. The number of Topliss-reactive ketones (excluding diaryl/α,β-unsaturated/α-hetero) is 2. The van der Waals surface area contributed by atoms with Gasteiger partial charge in [-0.05, 0) is 170 Å². The molecule has 0 aromatic heterocycles. The summed E-state index contributed by atoms with van der Waals surface area (Å²) in [5.74, 6) is 10.7. The maximum Gasteiger partial charge on any atom is 0.160 e. The van der Waals surface area contributed by atoms with Crippen molar-refractivity contribution in [1.29, 1.82) is 0 Å². The summed E-state index contributed by atoms with van der Waals surface area (Å²) >= 11 is 0. The fourth-order valence-corrected chi connectivity index (χ4v) is 13.0. The minimum atomic E-state index is -1.15. The van der Waals surface area contributed by atoms with Gasteiger partial charge in [0.05, 0.1) is 25.1 Å². The summed E-state index contributed by atoms with van der Waals surface area (Å²) in [5.41, 5.74) is 10.5. The van der Waals surface area contributed by atoms with Gasteiger partial charge in [0, 0.05) is 43.7 Å². The minimum Gasteiger partial charge on any atom is -0.504 e. The number of aliphatic hydroxyl groups is 2. The topological polar surface area (TPSA) is 154 Å². The quantitative estimate of drug-likeness (QED) is 0.111. The van der Waals surface area contributed by atoms with Crippen molar-refractivity contribution in [2.45, 2.75) is 133 Å². The van der Waals surface area contributed by atoms with E-state index >= 15 is 0 Å². The molecular weight excluding hydrogens is 787 g/mol. The predicted octanol–water partition coefficient (Wildman–Crippen LogP) is 8.10. The standard InChI is InChI=1S/C54H67N3O6/c1-3-32-30-57-53(55)29-47(32)46(38-9-8-33-6-4-5-7-35(33)22-38)26-41(58)13-10-34-18-20-54(51(61)17-12-39-24-50(63-2)49(60)28-45(34)39)21-19-37(25-52(54)62)36-11-15-43-40(23-36)31-56-48-27-42(59)14-16-44(43)48/h4-9,22,24,28-29,34,36-37,40-41,43-44,46,48,52,56-58,60,62H,3,10-17,19,21,23,25-27,30-31,55H2,1-2H3/t34-,36-,37-,40-,41+,43-,44+,46+,48+,52+,54+/m0/s1. The van der Waals surface area contributed by atoms with Crippen LogP contribution in [0, 0.1) is 46.8 Å². The molecule has 9 nitrogen and oxygen atoms in total. The van der Waals surface area contributed by atoms with Crippen LogP contribution in [0.1, 0.15) is 125 Å². The molecule has 3 aromatic carbocycles. The molecule has 4 aliphatic carbocycles. The molecule has 2 heterocycles. The number of dihydropyridines is 1. The Kier molecular flexibility index (Phi) is 12.8. The van der Waals surface area contributed by atoms with Crippen LogP contribution in [0.5, 0.6) is 11.5 Å². The van der Waals surface area contributed by atoms with Crippen LogP contribution in [-0.4, -0.2) is 65.3 Å². The zero-order chi connectivity index (χ0) is 43.8. The number of nitrogens with one attached hydrogen (secondary N) is 2. The van der Waals surface area contributed by atoms with Crippen molar-refractivity contribution in [3.05, 3.63) is 94.3 Å². The van der Waals surface area contributed by atoms with Gasteiger partial charge in [-0.15, -0.1) is 0 Å². The second-order valence-corrected chi connectivity index (χ2v) is 19.9. The van der Waals surface area contributed by atoms with E-state index in [0.717, 1.165) is 72.7 Å². The van der Waals surface area contributed by atoms with Crippen LogP contribution < -0.4 is 21.1 Å². The van der Waals surface area contributed by atoms with E-state index in [2.05, 4.69) is 65.8 Å². The van der Waals surface area contributed by atoms with Crippen LogP contribution in [0.25, 0.3) is 10.8 Å². The number of methoxy groups -OCH3 is 1. The number of nitrogens with two attached hydrogens (primary N) is 1. The van der Waals surface area contributed by atoms with E-state index in [1.54, 1.807) is 6.07 Å². The summed E-state index contributed by atoms with van der Waals surface area (Å²) < 4.78 is 5.54. The first kappa shape index (κ1) is 43.6. The average Bonchev–Trinajstić information content (AvgIpc) is 3.34. The largest absolute Gasteiger partial charge is 0.504 e. The van der Waals surface area contributed by atoms with Crippen LogP contribution in [0.3, 0.4) is 0 Å². The number of rotatable bonds is 10. The number of fused-ring (bicyclic) bond motifs is 5. The van der Waals surface area contributed by atoms with E-state index in [4.69, 9.17) is 10.5 Å². The Labute approximate surface area is 373 Å². The van der Waals surface area contributed by atoms with Crippen LogP contribution in [0.4, 0.5) is 0 Å². The number of hydrogen-bond donors (Lipinski definition) is 6. The van der Waals surface area contributed by atoms with E-state index in [1.807, 2.05) is 18.2 Å². The highest BCUT2D eigenvalue weighted by Gasteiger charge is 2.51. The molecule has 0 radical (unpaired) electrons. The van der Waals surface area contributed by atoms with Gasteiger partial charge >= 0.3 is 0 Å². The molecule has 3 aromatic rings. The molecule has 3 saturated carbocycles. The van der Waals surface area contributed by atoms with Crippen molar-refractivity contribution in [2.24, 2.45) is 40.7 Å². The lowest BCUT2D eigenvalue weighted by Crippen LogP contribution is -2.55. The fraction of sp³-hybridized carbons (Fsp3) is 0.556. The van der Waals surface area contributed by atoms with Crippen molar-refractivity contribution < 1.29 is 29.6 Å². The molecule has 334 valence electrons.